The number of rotatable bonds is 4. The van der Waals surface area contributed by atoms with Crippen LogP contribution in [0.5, 0.6) is 0 Å². The number of benzene rings is 2. The number of esters is 1. The van der Waals surface area contributed by atoms with Crippen molar-refractivity contribution in [2.75, 3.05) is 0 Å². The molecule has 0 N–H and O–H groups in total. The third-order valence-corrected chi connectivity index (χ3v) is 3.03. The number of hydrogen-bond donors (Lipinski definition) is 0. The summed E-state index contributed by atoms with van der Waals surface area (Å²) < 4.78 is 5.22. The lowest BCUT2D eigenvalue weighted by Crippen LogP contribution is -2.07. The molecule has 19 heavy (non-hydrogen) atoms. The Morgan fingerprint density at radius 1 is 1.00 bits per heavy atom. The molecular weight excluding hydrogens is 260 g/mol. The van der Waals surface area contributed by atoms with E-state index in [0.29, 0.717) is 11.4 Å². The third-order valence-electron chi connectivity index (χ3n) is 2.78. The zero-order chi connectivity index (χ0) is 13.7. The van der Waals surface area contributed by atoms with Gasteiger partial charge in [-0.3, -0.25) is 4.79 Å². The molecule has 0 aliphatic heterocycles. The van der Waals surface area contributed by atoms with Gasteiger partial charge < -0.3 is 4.74 Å². The van der Waals surface area contributed by atoms with Crippen molar-refractivity contribution < 1.29 is 9.53 Å². The summed E-state index contributed by atoms with van der Waals surface area (Å²) in [7, 11) is 0. The van der Waals surface area contributed by atoms with Gasteiger partial charge in [0.05, 0.1) is 6.42 Å². The van der Waals surface area contributed by atoms with Crippen molar-refractivity contribution in [3.8, 4) is 0 Å². The predicted octanol–water partition coefficient (Wildman–Crippen LogP) is 3.93. The van der Waals surface area contributed by atoms with Gasteiger partial charge in [0, 0.05) is 5.02 Å². The van der Waals surface area contributed by atoms with Gasteiger partial charge in [0.2, 0.25) is 0 Å². The fourth-order valence-corrected chi connectivity index (χ4v) is 1.79. The number of aryl methyl sites for hydroxylation is 1. The first kappa shape index (κ1) is 13.6. The maximum Gasteiger partial charge on any atom is 0.310 e. The second-order valence-electron chi connectivity index (χ2n) is 4.45. The summed E-state index contributed by atoms with van der Waals surface area (Å²) >= 11 is 5.79. The van der Waals surface area contributed by atoms with Crippen LogP contribution in [0.25, 0.3) is 0 Å². The summed E-state index contributed by atoms with van der Waals surface area (Å²) in [4.78, 5) is 11.7. The van der Waals surface area contributed by atoms with E-state index in [0.717, 1.165) is 11.1 Å². The van der Waals surface area contributed by atoms with Crippen LogP contribution in [0, 0.1) is 6.92 Å². The molecule has 0 fully saturated rings. The summed E-state index contributed by atoms with van der Waals surface area (Å²) in [6.45, 7) is 2.30. The lowest BCUT2D eigenvalue weighted by atomic mass is 10.1. The van der Waals surface area contributed by atoms with Crippen LogP contribution in [0.4, 0.5) is 0 Å². The highest BCUT2D eigenvalue weighted by molar-refractivity contribution is 6.30. The number of hydrogen-bond acceptors (Lipinski definition) is 2. The second kappa shape index (κ2) is 6.39. The SMILES string of the molecule is Cc1ccc(CC(=O)OCc2ccc(Cl)cc2)cc1. The van der Waals surface area contributed by atoms with Crippen molar-refractivity contribution in [1.29, 1.82) is 0 Å². The fourth-order valence-electron chi connectivity index (χ4n) is 1.67. The van der Waals surface area contributed by atoms with E-state index in [9.17, 15) is 4.79 Å². The van der Waals surface area contributed by atoms with Gasteiger partial charge >= 0.3 is 5.97 Å². The minimum atomic E-state index is -0.223. The van der Waals surface area contributed by atoms with Gasteiger partial charge in [-0.15, -0.1) is 0 Å². The Hall–Kier alpha value is -1.80. The smallest absolute Gasteiger partial charge is 0.310 e. The molecule has 0 radical (unpaired) electrons. The summed E-state index contributed by atoms with van der Waals surface area (Å²) in [5.74, 6) is -0.223. The van der Waals surface area contributed by atoms with Crippen molar-refractivity contribution >= 4 is 17.6 Å². The molecule has 98 valence electrons. The minimum Gasteiger partial charge on any atom is -0.461 e. The van der Waals surface area contributed by atoms with Gasteiger partial charge in [0.25, 0.3) is 0 Å². The number of carbonyl (C=O) groups excluding carboxylic acids is 1. The van der Waals surface area contributed by atoms with Gasteiger partial charge in [-0.25, -0.2) is 0 Å². The first-order valence-electron chi connectivity index (χ1n) is 6.09. The molecule has 2 aromatic rings. The van der Waals surface area contributed by atoms with Crippen molar-refractivity contribution in [3.05, 3.63) is 70.2 Å². The van der Waals surface area contributed by atoms with Gasteiger partial charge in [0.15, 0.2) is 0 Å². The van der Waals surface area contributed by atoms with Crippen molar-refractivity contribution in [1.82, 2.24) is 0 Å². The van der Waals surface area contributed by atoms with Crippen LogP contribution in [-0.4, -0.2) is 5.97 Å². The van der Waals surface area contributed by atoms with Gasteiger partial charge in [-0.2, -0.15) is 0 Å². The Kier molecular flexibility index (Phi) is 4.58. The largest absolute Gasteiger partial charge is 0.461 e. The molecule has 0 unspecified atom stereocenters. The Balaban J connectivity index is 1.84. The molecule has 0 bridgehead atoms. The molecule has 2 aromatic carbocycles. The zero-order valence-electron chi connectivity index (χ0n) is 10.7. The first-order chi connectivity index (χ1) is 9.13. The molecule has 0 aliphatic carbocycles. The van der Waals surface area contributed by atoms with Crippen LogP contribution < -0.4 is 0 Å². The highest BCUT2D eigenvalue weighted by atomic mass is 35.5. The van der Waals surface area contributed by atoms with E-state index in [1.165, 1.54) is 5.56 Å². The molecule has 0 saturated carbocycles. The van der Waals surface area contributed by atoms with Crippen molar-refractivity contribution in [2.45, 2.75) is 20.0 Å². The summed E-state index contributed by atoms with van der Waals surface area (Å²) in [6.07, 6.45) is 0.299. The lowest BCUT2D eigenvalue weighted by Gasteiger charge is -2.05. The topological polar surface area (TPSA) is 26.3 Å². The molecule has 0 atom stereocenters. The van der Waals surface area contributed by atoms with E-state index in [1.807, 2.05) is 43.3 Å². The highest BCUT2D eigenvalue weighted by Gasteiger charge is 2.05. The summed E-state index contributed by atoms with van der Waals surface area (Å²) in [5, 5.41) is 0.676. The van der Waals surface area contributed by atoms with E-state index in [4.69, 9.17) is 16.3 Å². The van der Waals surface area contributed by atoms with E-state index in [1.54, 1.807) is 12.1 Å². The lowest BCUT2D eigenvalue weighted by molar-refractivity contribution is -0.144. The standard InChI is InChI=1S/C16H15ClO2/c1-12-2-4-13(5-3-12)10-16(18)19-11-14-6-8-15(17)9-7-14/h2-9H,10-11H2,1H3. The van der Waals surface area contributed by atoms with E-state index in [2.05, 4.69) is 0 Å². The van der Waals surface area contributed by atoms with Gasteiger partial charge in [0.1, 0.15) is 6.61 Å². The molecule has 0 heterocycles. The molecular formula is C16H15ClO2. The average Bonchev–Trinajstić information content (AvgIpc) is 2.41. The zero-order valence-corrected chi connectivity index (χ0v) is 11.5. The maximum absolute atomic E-state index is 11.7. The minimum absolute atomic E-state index is 0.223. The Morgan fingerprint density at radius 3 is 2.21 bits per heavy atom. The van der Waals surface area contributed by atoms with Crippen molar-refractivity contribution in [2.24, 2.45) is 0 Å². The van der Waals surface area contributed by atoms with Gasteiger partial charge in [-0.05, 0) is 30.2 Å². The number of halogens is 1. The second-order valence-corrected chi connectivity index (χ2v) is 4.89. The monoisotopic (exact) mass is 274 g/mol. The molecule has 3 heteroatoms. The molecule has 2 nitrogen and oxygen atoms in total. The van der Waals surface area contributed by atoms with Gasteiger partial charge in [-0.1, -0.05) is 53.6 Å². The molecule has 0 aromatic heterocycles. The third kappa shape index (κ3) is 4.42. The molecule has 0 aliphatic rings. The molecule has 0 amide bonds. The summed E-state index contributed by atoms with van der Waals surface area (Å²) in [5.41, 5.74) is 3.08. The highest BCUT2D eigenvalue weighted by Crippen LogP contribution is 2.11. The van der Waals surface area contributed by atoms with Crippen LogP contribution >= 0.6 is 11.6 Å². The first-order valence-corrected chi connectivity index (χ1v) is 6.47. The van der Waals surface area contributed by atoms with E-state index < -0.39 is 0 Å². The predicted molar refractivity (Wildman–Crippen MR) is 76.1 cm³/mol. The Bertz CT molecular complexity index is 544. The van der Waals surface area contributed by atoms with Crippen LogP contribution in [-0.2, 0) is 22.6 Å². The van der Waals surface area contributed by atoms with E-state index in [-0.39, 0.29) is 12.6 Å². The van der Waals surface area contributed by atoms with Crippen LogP contribution in [0.15, 0.2) is 48.5 Å². The molecule has 0 spiro atoms. The van der Waals surface area contributed by atoms with Crippen LogP contribution in [0.3, 0.4) is 0 Å². The van der Waals surface area contributed by atoms with Crippen LogP contribution in [0.2, 0.25) is 5.02 Å². The average molecular weight is 275 g/mol. The quantitative estimate of drug-likeness (QED) is 0.790. The van der Waals surface area contributed by atoms with Crippen molar-refractivity contribution in [3.63, 3.8) is 0 Å². The molecule has 0 saturated heterocycles. The normalized spacial score (nSPS) is 10.2. The fraction of sp³-hybridized carbons (Fsp3) is 0.188. The number of carbonyl (C=O) groups is 1. The van der Waals surface area contributed by atoms with E-state index >= 15 is 0 Å². The Morgan fingerprint density at radius 2 is 1.58 bits per heavy atom. The molecule has 2 rings (SSSR count). The Labute approximate surface area is 118 Å². The maximum atomic E-state index is 11.7. The summed E-state index contributed by atoms with van der Waals surface area (Å²) in [6, 6.07) is 15.1. The van der Waals surface area contributed by atoms with Crippen LogP contribution in [0.1, 0.15) is 16.7 Å². The number of ether oxygens (including phenoxy) is 1.